The lowest BCUT2D eigenvalue weighted by Crippen LogP contribution is -2.22. The molecule has 2 N–H and O–H groups in total. The topological polar surface area (TPSA) is 52.3 Å². The van der Waals surface area contributed by atoms with Gasteiger partial charge in [-0.3, -0.25) is 4.21 Å². The number of hydrogen-bond donors (Lipinski definition) is 1. The van der Waals surface area contributed by atoms with Gasteiger partial charge in [-0.05, 0) is 36.4 Å². The molecule has 2 atom stereocenters. The van der Waals surface area contributed by atoms with E-state index in [2.05, 4.69) is 15.9 Å². The quantitative estimate of drug-likeness (QED) is 0.844. The lowest BCUT2D eigenvalue weighted by Gasteiger charge is -2.12. The smallest absolute Gasteiger partial charge is 0.123 e. The minimum Gasteiger partial charge on any atom is -0.489 e. The number of fused-ring (bicyclic) bond motifs is 1. The first-order chi connectivity index (χ1) is 10.0. The van der Waals surface area contributed by atoms with Crippen LogP contribution < -0.4 is 10.5 Å². The van der Waals surface area contributed by atoms with E-state index in [4.69, 9.17) is 10.5 Å². The number of ether oxygens (including phenoxy) is 1. The standard InChI is InChI=1S/C15H13BrFNO2S/c16-10-1-3-13(18)15(7-10)21(19)8-12-6-9-5-11(17)2-4-14(9)20-12/h1-5,7,12H,6,8,18H2. The molecule has 3 nitrogen and oxygen atoms in total. The van der Waals surface area contributed by atoms with Gasteiger partial charge in [0.2, 0.25) is 0 Å². The van der Waals surface area contributed by atoms with E-state index in [1.165, 1.54) is 12.1 Å². The van der Waals surface area contributed by atoms with Crippen molar-refractivity contribution in [3.8, 4) is 5.75 Å². The molecule has 2 aromatic rings. The van der Waals surface area contributed by atoms with Crippen LogP contribution in [-0.2, 0) is 17.2 Å². The summed E-state index contributed by atoms with van der Waals surface area (Å²) in [4.78, 5) is 0.593. The third kappa shape index (κ3) is 3.11. The fourth-order valence-corrected chi connectivity index (χ4v) is 4.15. The molecule has 1 aliphatic rings. The molecule has 0 radical (unpaired) electrons. The summed E-state index contributed by atoms with van der Waals surface area (Å²) in [5.74, 6) is 0.715. The molecule has 2 unspecified atom stereocenters. The average Bonchev–Trinajstić information content (AvgIpc) is 2.82. The second-order valence-electron chi connectivity index (χ2n) is 4.89. The number of anilines is 1. The predicted octanol–water partition coefficient (Wildman–Crippen LogP) is 3.28. The second-order valence-corrected chi connectivity index (χ2v) is 7.27. The Morgan fingerprint density at radius 1 is 1.33 bits per heavy atom. The molecule has 0 aromatic heterocycles. The maximum atomic E-state index is 13.2. The maximum absolute atomic E-state index is 13.2. The molecular formula is C15H13BrFNO2S. The number of nitrogen functional groups attached to an aromatic ring is 1. The van der Waals surface area contributed by atoms with Crippen LogP contribution in [0.2, 0.25) is 0 Å². The highest BCUT2D eigenvalue weighted by atomic mass is 79.9. The van der Waals surface area contributed by atoms with Crippen LogP contribution in [0.1, 0.15) is 5.56 Å². The molecule has 21 heavy (non-hydrogen) atoms. The van der Waals surface area contributed by atoms with Crippen molar-refractivity contribution in [2.75, 3.05) is 11.5 Å². The largest absolute Gasteiger partial charge is 0.489 e. The van der Waals surface area contributed by atoms with Crippen LogP contribution in [0, 0.1) is 5.82 Å². The summed E-state index contributed by atoms with van der Waals surface area (Å²) < 4.78 is 32.2. The summed E-state index contributed by atoms with van der Waals surface area (Å²) >= 11 is 3.35. The molecule has 0 saturated heterocycles. The predicted molar refractivity (Wildman–Crippen MR) is 84.3 cm³/mol. The van der Waals surface area contributed by atoms with Gasteiger partial charge in [0, 0.05) is 22.1 Å². The van der Waals surface area contributed by atoms with E-state index in [1.807, 2.05) is 0 Å². The fourth-order valence-electron chi connectivity index (χ4n) is 2.35. The maximum Gasteiger partial charge on any atom is 0.123 e. The van der Waals surface area contributed by atoms with E-state index in [0.717, 1.165) is 10.0 Å². The molecular weight excluding hydrogens is 357 g/mol. The van der Waals surface area contributed by atoms with Crippen molar-refractivity contribution in [1.29, 1.82) is 0 Å². The molecule has 0 aliphatic carbocycles. The zero-order chi connectivity index (χ0) is 15.0. The molecule has 3 rings (SSSR count). The van der Waals surface area contributed by atoms with Crippen LogP contribution in [-0.4, -0.2) is 16.1 Å². The van der Waals surface area contributed by atoms with Crippen LogP contribution in [0.3, 0.4) is 0 Å². The Morgan fingerprint density at radius 2 is 2.14 bits per heavy atom. The zero-order valence-electron chi connectivity index (χ0n) is 11.0. The highest BCUT2D eigenvalue weighted by molar-refractivity contribution is 9.10. The van der Waals surface area contributed by atoms with Crippen LogP contribution in [0.25, 0.3) is 0 Å². The van der Waals surface area contributed by atoms with Crippen molar-refractivity contribution in [1.82, 2.24) is 0 Å². The van der Waals surface area contributed by atoms with Gasteiger partial charge in [-0.15, -0.1) is 0 Å². The van der Waals surface area contributed by atoms with Gasteiger partial charge in [-0.2, -0.15) is 0 Å². The average molecular weight is 370 g/mol. The number of halogens is 2. The number of rotatable bonds is 3. The fraction of sp³-hybridized carbons (Fsp3) is 0.200. The van der Waals surface area contributed by atoms with Crippen molar-refractivity contribution in [3.05, 3.63) is 52.3 Å². The van der Waals surface area contributed by atoms with Gasteiger partial charge in [0.15, 0.2) is 0 Å². The molecule has 1 aliphatic heterocycles. The van der Waals surface area contributed by atoms with Crippen molar-refractivity contribution in [2.45, 2.75) is 17.4 Å². The third-order valence-electron chi connectivity index (χ3n) is 3.32. The molecule has 110 valence electrons. The van der Waals surface area contributed by atoms with E-state index in [-0.39, 0.29) is 11.9 Å². The van der Waals surface area contributed by atoms with Gasteiger partial charge in [0.05, 0.1) is 21.4 Å². The van der Waals surface area contributed by atoms with Gasteiger partial charge in [0.1, 0.15) is 17.7 Å². The second kappa shape index (κ2) is 5.77. The van der Waals surface area contributed by atoms with Crippen molar-refractivity contribution in [2.24, 2.45) is 0 Å². The first-order valence-electron chi connectivity index (χ1n) is 6.41. The first kappa shape index (κ1) is 14.5. The first-order valence-corrected chi connectivity index (χ1v) is 8.52. The SMILES string of the molecule is Nc1ccc(Br)cc1S(=O)CC1Cc2cc(F)ccc2O1. The highest BCUT2D eigenvalue weighted by Crippen LogP contribution is 2.31. The lowest BCUT2D eigenvalue weighted by atomic mass is 10.1. The van der Waals surface area contributed by atoms with Gasteiger partial charge in [-0.25, -0.2) is 4.39 Å². The van der Waals surface area contributed by atoms with E-state index < -0.39 is 10.8 Å². The van der Waals surface area contributed by atoms with Crippen LogP contribution in [0.5, 0.6) is 5.75 Å². The summed E-state index contributed by atoms with van der Waals surface area (Å²) in [6, 6.07) is 9.72. The summed E-state index contributed by atoms with van der Waals surface area (Å²) in [5, 5.41) is 0. The lowest BCUT2D eigenvalue weighted by molar-refractivity contribution is 0.258. The molecule has 0 saturated carbocycles. The monoisotopic (exact) mass is 369 g/mol. The summed E-state index contributed by atoms with van der Waals surface area (Å²) in [6.07, 6.45) is 0.341. The van der Waals surface area contributed by atoms with Gasteiger partial charge in [-0.1, -0.05) is 15.9 Å². The van der Waals surface area contributed by atoms with Crippen molar-refractivity contribution >= 4 is 32.4 Å². The summed E-state index contributed by atoms with van der Waals surface area (Å²) in [5.41, 5.74) is 7.18. The molecule has 6 heteroatoms. The Balaban J connectivity index is 1.74. The molecule has 0 spiro atoms. The Labute approximate surface area is 132 Å². The molecule has 1 heterocycles. The number of hydrogen-bond acceptors (Lipinski definition) is 3. The highest BCUT2D eigenvalue weighted by Gasteiger charge is 2.26. The van der Waals surface area contributed by atoms with E-state index in [9.17, 15) is 8.60 Å². The number of benzene rings is 2. The van der Waals surface area contributed by atoms with E-state index >= 15 is 0 Å². The Morgan fingerprint density at radius 3 is 2.95 bits per heavy atom. The van der Waals surface area contributed by atoms with E-state index in [0.29, 0.717) is 28.5 Å². The van der Waals surface area contributed by atoms with Gasteiger partial charge >= 0.3 is 0 Å². The Hall–Kier alpha value is -1.40. The molecule has 0 bridgehead atoms. The summed E-state index contributed by atoms with van der Waals surface area (Å²) in [7, 11) is -1.26. The minimum absolute atomic E-state index is 0.221. The van der Waals surface area contributed by atoms with Crippen molar-refractivity contribution in [3.63, 3.8) is 0 Å². The number of nitrogens with two attached hydrogens (primary N) is 1. The molecule has 2 aromatic carbocycles. The van der Waals surface area contributed by atoms with Crippen LogP contribution >= 0.6 is 15.9 Å². The van der Waals surface area contributed by atoms with Gasteiger partial charge < -0.3 is 10.5 Å². The minimum atomic E-state index is -1.26. The Kier molecular flexibility index (Phi) is 3.99. The normalized spacial score (nSPS) is 18.1. The van der Waals surface area contributed by atoms with Gasteiger partial charge in [0.25, 0.3) is 0 Å². The zero-order valence-corrected chi connectivity index (χ0v) is 13.4. The Bertz CT molecular complexity index is 723. The van der Waals surface area contributed by atoms with E-state index in [1.54, 1.807) is 24.3 Å². The summed E-state index contributed by atoms with van der Waals surface area (Å²) in [6.45, 7) is 0. The third-order valence-corrected chi connectivity index (χ3v) is 5.33. The van der Waals surface area contributed by atoms with Crippen molar-refractivity contribution < 1.29 is 13.3 Å². The van der Waals surface area contributed by atoms with Crippen LogP contribution in [0.4, 0.5) is 10.1 Å². The molecule has 0 fully saturated rings. The van der Waals surface area contributed by atoms with Crippen LogP contribution in [0.15, 0.2) is 45.8 Å². The molecule has 0 amide bonds.